The minimum Gasteiger partial charge on any atom is -0.358 e. The predicted octanol–water partition coefficient (Wildman–Crippen LogP) is 1.97. The van der Waals surface area contributed by atoms with Gasteiger partial charge in [-0.1, -0.05) is 44.2 Å². The molecule has 1 heterocycles. The Morgan fingerprint density at radius 2 is 1.96 bits per heavy atom. The highest BCUT2D eigenvalue weighted by atomic mass is 16.2. The summed E-state index contributed by atoms with van der Waals surface area (Å²) in [4.78, 5) is 27.1. The third-order valence-corrected chi connectivity index (χ3v) is 4.80. The van der Waals surface area contributed by atoms with Crippen molar-refractivity contribution in [3.8, 4) is 0 Å². The van der Waals surface area contributed by atoms with Gasteiger partial charge in [0.2, 0.25) is 11.8 Å². The summed E-state index contributed by atoms with van der Waals surface area (Å²) in [6, 6.07) is 9.72. The molecule has 0 aromatic heterocycles. The molecule has 2 N–H and O–H groups in total. The Labute approximate surface area is 151 Å². The molecule has 0 saturated carbocycles. The standard InChI is InChI=1S/C20H31N3O2/c1-15(2)14-18(19(24)21-3)23-13-7-10-17(23)20(25)22-12-11-16-8-5-4-6-9-16/h4-6,8-9,15,17-18H,7,10-14H2,1-3H3,(H,21,24)(H,22,25)/t17-,18+/m0/s1. The summed E-state index contributed by atoms with van der Waals surface area (Å²) >= 11 is 0. The molecule has 1 aromatic carbocycles. The van der Waals surface area contributed by atoms with Gasteiger partial charge in [-0.15, -0.1) is 0 Å². The molecule has 0 aliphatic carbocycles. The maximum absolute atomic E-state index is 12.7. The molecule has 25 heavy (non-hydrogen) atoms. The van der Waals surface area contributed by atoms with E-state index in [1.54, 1.807) is 7.05 Å². The smallest absolute Gasteiger partial charge is 0.237 e. The van der Waals surface area contributed by atoms with Gasteiger partial charge in [0.15, 0.2) is 0 Å². The molecule has 0 unspecified atom stereocenters. The van der Waals surface area contributed by atoms with Crippen molar-refractivity contribution in [3.63, 3.8) is 0 Å². The molecule has 0 spiro atoms. The van der Waals surface area contributed by atoms with Gasteiger partial charge in [0.25, 0.3) is 0 Å². The molecule has 0 radical (unpaired) electrons. The van der Waals surface area contributed by atoms with Crippen molar-refractivity contribution in [2.75, 3.05) is 20.1 Å². The van der Waals surface area contributed by atoms with E-state index in [-0.39, 0.29) is 23.9 Å². The number of carbonyl (C=O) groups excluding carboxylic acids is 2. The normalized spacial score (nSPS) is 19.0. The fourth-order valence-corrected chi connectivity index (χ4v) is 3.54. The lowest BCUT2D eigenvalue weighted by Crippen LogP contribution is -2.53. The largest absolute Gasteiger partial charge is 0.358 e. The molecule has 1 fully saturated rings. The summed E-state index contributed by atoms with van der Waals surface area (Å²) in [5.74, 6) is 0.466. The first-order valence-corrected chi connectivity index (χ1v) is 9.32. The van der Waals surface area contributed by atoms with E-state index < -0.39 is 0 Å². The van der Waals surface area contributed by atoms with Gasteiger partial charge >= 0.3 is 0 Å². The van der Waals surface area contributed by atoms with Gasteiger partial charge in [0, 0.05) is 13.6 Å². The van der Waals surface area contributed by atoms with Crippen LogP contribution in [-0.4, -0.2) is 48.9 Å². The number of likely N-dealkylation sites (N-methyl/N-ethyl adjacent to an activating group) is 1. The average Bonchev–Trinajstić information content (AvgIpc) is 3.09. The molecule has 2 atom stereocenters. The van der Waals surface area contributed by atoms with Crippen molar-refractivity contribution in [2.45, 2.75) is 51.6 Å². The molecule has 138 valence electrons. The van der Waals surface area contributed by atoms with E-state index in [1.165, 1.54) is 5.56 Å². The summed E-state index contributed by atoms with van der Waals surface area (Å²) < 4.78 is 0. The monoisotopic (exact) mass is 345 g/mol. The van der Waals surface area contributed by atoms with Crippen molar-refractivity contribution in [2.24, 2.45) is 5.92 Å². The van der Waals surface area contributed by atoms with Crippen LogP contribution in [0.1, 0.15) is 38.7 Å². The summed E-state index contributed by atoms with van der Waals surface area (Å²) in [5.41, 5.74) is 1.22. The molecule has 1 aromatic rings. The first-order chi connectivity index (χ1) is 12.0. The fourth-order valence-electron chi connectivity index (χ4n) is 3.54. The Morgan fingerprint density at radius 1 is 1.24 bits per heavy atom. The van der Waals surface area contributed by atoms with Gasteiger partial charge < -0.3 is 10.6 Å². The number of carbonyl (C=O) groups is 2. The third-order valence-electron chi connectivity index (χ3n) is 4.80. The van der Waals surface area contributed by atoms with Crippen molar-refractivity contribution in [1.82, 2.24) is 15.5 Å². The van der Waals surface area contributed by atoms with Crippen molar-refractivity contribution in [3.05, 3.63) is 35.9 Å². The Kier molecular flexibility index (Phi) is 7.44. The van der Waals surface area contributed by atoms with Crippen LogP contribution in [0.25, 0.3) is 0 Å². The van der Waals surface area contributed by atoms with Crippen LogP contribution in [0.5, 0.6) is 0 Å². The number of amides is 2. The van der Waals surface area contributed by atoms with Gasteiger partial charge in [-0.3, -0.25) is 14.5 Å². The highest BCUT2D eigenvalue weighted by Gasteiger charge is 2.38. The molecule has 5 nitrogen and oxygen atoms in total. The number of nitrogens with zero attached hydrogens (tertiary/aromatic N) is 1. The number of hydrogen-bond donors (Lipinski definition) is 2. The highest BCUT2D eigenvalue weighted by Crippen LogP contribution is 2.24. The molecule has 5 heteroatoms. The first kappa shape index (κ1) is 19.4. The molecular formula is C20H31N3O2. The number of rotatable bonds is 8. The zero-order valence-corrected chi connectivity index (χ0v) is 15.6. The van der Waals surface area contributed by atoms with Gasteiger partial charge in [-0.2, -0.15) is 0 Å². The SMILES string of the molecule is CNC(=O)[C@@H](CC(C)C)N1CCC[C@H]1C(=O)NCCc1ccccc1. The van der Waals surface area contributed by atoms with Gasteiger partial charge in [-0.05, 0) is 43.7 Å². The Bertz CT molecular complexity index is 559. The molecule has 2 amide bonds. The zero-order chi connectivity index (χ0) is 18.2. The Hall–Kier alpha value is -1.88. The molecular weight excluding hydrogens is 314 g/mol. The fraction of sp³-hybridized carbons (Fsp3) is 0.600. The third kappa shape index (κ3) is 5.56. The lowest BCUT2D eigenvalue weighted by atomic mass is 10.0. The lowest BCUT2D eigenvalue weighted by Gasteiger charge is -2.32. The van der Waals surface area contributed by atoms with Crippen LogP contribution in [0, 0.1) is 5.92 Å². The van der Waals surface area contributed by atoms with Crippen LogP contribution in [0.3, 0.4) is 0 Å². The molecule has 1 saturated heterocycles. The number of hydrogen-bond acceptors (Lipinski definition) is 3. The number of benzene rings is 1. The van der Waals surface area contributed by atoms with Gasteiger partial charge in [0.1, 0.15) is 0 Å². The Balaban J connectivity index is 1.93. The van der Waals surface area contributed by atoms with E-state index in [0.29, 0.717) is 12.5 Å². The molecule has 2 rings (SSSR count). The van der Waals surface area contributed by atoms with Crippen LogP contribution in [-0.2, 0) is 16.0 Å². The van der Waals surface area contributed by atoms with Gasteiger partial charge in [-0.25, -0.2) is 0 Å². The predicted molar refractivity (Wildman–Crippen MR) is 100 cm³/mol. The topological polar surface area (TPSA) is 61.4 Å². The second kappa shape index (κ2) is 9.56. The Morgan fingerprint density at radius 3 is 2.60 bits per heavy atom. The van der Waals surface area contributed by atoms with E-state index in [2.05, 4.69) is 41.5 Å². The minimum absolute atomic E-state index is 0.0117. The van der Waals surface area contributed by atoms with Crippen LogP contribution < -0.4 is 10.6 Å². The number of nitrogens with one attached hydrogen (secondary N) is 2. The highest BCUT2D eigenvalue weighted by molar-refractivity contribution is 5.85. The number of likely N-dealkylation sites (tertiary alicyclic amines) is 1. The quantitative estimate of drug-likeness (QED) is 0.757. The summed E-state index contributed by atoms with van der Waals surface area (Å²) in [5, 5.41) is 5.82. The van der Waals surface area contributed by atoms with E-state index in [4.69, 9.17) is 0 Å². The second-order valence-corrected chi connectivity index (χ2v) is 7.18. The lowest BCUT2D eigenvalue weighted by molar-refractivity contribution is -0.131. The van der Waals surface area contributed by atoms with E-state index in [1.807, 2.05) is 18.2 Å². The van der Waals surface area contributed by atoms with Crippen molar-refractivity contribution < 1.29 is 9.59 Å². The van der Waals surface area contributed by atoms with Crippen molar-refractivity contribution >= 4 is 11.8 Å². The minimum atomic E-state index is -0.225. The van der Waals surface area contributed by atoms with Crippen LogP contribution in [0.4, 0.5) is 0 Å². The second-order valence-electron chi connectivity index (χ2n) is 7.18. The zero-order valence-electron chi connectivity index (χ0n) is 15.6. The van der Waals surface area contributed by atoms with E-state index in [9.17, 15) is 9.59 Å². The average molecular weight is 345 g/mol. The summed E-state index contributed by atoms with van der Waals surface area (Å²) in [6.07, 6.45) is 3.38. The summed E-state index contributed by atoms with van der Waals surface area (Å²) in [6.45, 7) is 5.66. The summed E-state index contributed by atoms with van der Waals surface area (Å²) in [7, 11) is 1.67. The maximum atomic E-state index is 12.7. The van der Waals surface area contributed by atoms with Crippen molar-refractivity contribution in [1.29, 1.82) is 0 Å². The molecule has 1 aliphatic rings. The molecule has 0 bridgehead atoms. The van der Waals surface area contributed by atoms with Crippen LogP contribution in [0.2, 0.25) is 0 Å². The maximum Gasteiger partial charge on any atom is 0.237 e. The first-order valence-electron chi connectivity index (χ1n) is 9.32. The molecule has 1 aliphatic heterocycles. The van der Waals surface area contributed by atoms with Crippen LogP contribution >= 0.6 is 0 Å². The van der Waals surface area contributed by atoms with E-state index >= 15 is 0 Å². The van der Waals surface area contributed by atoms with Crippen LogP contribution in [0.15, 0.2) is 30.3 Å². The van der Waals surface area contributed by atoms with Gasteiger partial charge in [0.05, 0.1) is 12.1 Å². The van der Waals surface area contributed by atoms with E-state index in [0.717, 1.165) is 32.2 Å².